The molecule has 3 nitrogen and oxygen atoms in total. The Balaban J connectivity index is 2.06. The SMILES string of the molecule is CCC1CC(=O)/C(=C/NC2=CC(F)CC(F)=C2)C(O)C1. The summed E-state index contributed by atoms with van der Waals surface area (Å²) in [4.78, 5) is 11.9. The standard InChI is InChI=1S/C15H19F2NO2/c1-2-9-3-14(19)13(15(20)4-9)8-18-12-6-10(16)5-11(17)7-12/h6-10,14,18-19H,2-5H2,1H3/b13-8+. The highest BCUT2D eigenvalue weighted by Gasteiger charge is 2.29. The molecule has 2 N–H and O–H groups in total. The predicted octanol–water partition coefficient (Wildman–Crippen LogP) is 2.69. The summed E-state index contributed by atoms with van der Waals surface area (Å²) in [6.45, 7) is 1.99. The number of aliphatic hydroxyl groups is 1. The molecule has 0 bridgehead atoms. The van der Waals surface area contributed by atoms with Crippen LogP contribution >= 0.6 is 0 Å². The fraction of sp³-hybridized carbons (Fsp3) is 0.533. The molecule has 0 aliphatic heterocycles. The molecule has 0 heterocycles. The van der Waals surface area contributed by atoms with Gasteiger partial charge in [-0.3, -0.25) is 4.79 Å². The highest BCUT2D eigenvalue weighted by Crippen LogP contribution is 2.28. The molecule has 3 unspecified atom stereocenters. The van der Waals surface area contributed by atoms with Crippen molar-refractivity contribution in [1.82, 2.24) is 5.32 Å². The molecule has 3 atom stereocenters. The Kier molecular flexibility index (Phi) is 4.70. The van der Waals surface area contributed by atoms with Crippen molar-refractivity contribution in [3.63, 3.8) is 0 Å². The van der Waals surface area contributed by atoms with Gasteiger partial charge >= 0.3 is 0 Å². The zero-order valence-corrected chi connectivity index (χ0v) is 11.4. The molecule has 2 aliphatic rings. The first-order chi connectivity index (χ1) is 9.49. The molecule has 0 spiro atoms. The van der Waals surface area contributed by atoms with Crippen molar-refractivity contribution < 1.29 is 18.7 Å². The number of aliphatic hydroxyl groups excluding tert-OH is 1. The lowest BCUT2D eigenvalue weighted by Crippen LogP contribution is -2.30. The number of allylic oxidation sites excluding steroid dienone is 3. The van der Waals surface area contributed by atoms with Crippen LogP contribution in [-0.4, -0.2) is 23.2 Å². The van der Waals surface area contributed by atoms with Crippen molar-refractivity contribution >= 4 is 5.78 Å². The van der Waals surface area contributed by atoms with E-state index in [9.17, 15) is 18.7 Å². The van der Waals surface area contributed by atoms with Gasteiger partial charge in [0.2, 0.25) is 0 Å². The van der Waals surface area contributed by atoms with E-state index >= 15 is 0 Å². The van der Waals surface area contributed by atoms with Crippen molar-refractivity contribution in [2.75, 3.05) is 0 Å². The second-order valence-electron chi connectivity index (χ2n) is 5.33. The Morgan fingerprint density at radius 1 is 1.50 bits per heavy atom. The number of ketones is 1. The molecule has 5 heteroatoms. The summed E-state index contributed by atoms with van der Waals surface area (Å²) >= 11 is 0. The Hall–Kier alpha value is -1.49. The number of alkyl halides is 1. The third-order valence-electron chi connectivity index (χ3n) is 3.75. The van der Waals surface area contributed by atoms with Crippen LogP contribution in [-0.2, 0) is 4.79 Å². The van der Waals surface area contributed by atoms with Crippen LogP contribution in [0.1, 0.15) is 32.6 Å². The molecule has 110 valence electrons. The summed E-state index contributed by atoms with van der Waals surface area (Å²) in [5, 5.41) is 12.7. The van der Waals surface area contributed by atoms with E-state index in [2.05, 4.69) is 5.32 Å². The molecule has 0 aromatic heterocycles. The minimum Gasteiger partial charge on any atom is -0.388 e. The maximum atomic E-state index is 13.2. The fourth-order valence-corrected chi connectivity index (χ4v) is 2.55. The summed E-state index contributed by atoms with van der Waals surface area (Å²) in [5.74, 6) is -0.445. The van der Waals surface area contributed by atoms with Gasteiger partial charge in [0.25, 0.3) is 0 Å². The lowest BCUT2D eigenvalue weighted by atomic mass is 9.82. The van der Waals surface area contributed by atoms with Crippen molar-refractivity contribution in [3.8, 4) is 0 Å². The second kappa shape index (κ2) is 6.31. The number of carbonyl (C=O) groups excluding carboxylic acids is 1. The molecule has 0 radical (unpaired) electrons. The quantitative estimate of drug-likeness (QED) is 0.783. The van der Waals surface area contributed by atoms with E-state index in [1.54, 1.807) is 0 Å². The van der Waals surface area contributed by atoms with Crippen LogP contribution in [0, 0.1) is 5.92 Å². The van der Waals surface area contributed by atoms with Gasteiger partial charge in [-0.25, -0.2) is 8.78 Å². The monoisotopic (exact) mass is 283 g/mol. The highest BCUT2D eigenvalue weighted by molar-refractivity contribution is 5.97. The average Bonchev–Trinajstić information content (AvgIpc) is 2.36. The molecule has 2 rings (SSSR count). The first-order valence-electron chi connectivity index (χ1n) is 6.89. The molecule has 0 aromatic carbocycles. The van der Waals surface area contributed by atoms with Gasteiger partial charge in [0, 0.05) is 30.3 Å². The highest BCUT2D eigenvalue weighted by atomic mass is 19.1. The fourth-order valence-electron chi connectivity index (χ4n) is 2.55. The van der Waals surface area contributed by atoms with Gasteiger partial charge in [-0.2, -0.15) is 0 Å². The molecule has 1 saturated carbocycles. The minimum atomic E-state index is -1.36. The van der Waals surface area contributed by atoms with Gasteiger partial charge in [0.15, 0.2) is 5.78 Å². The predicted molar refractivity (Wildman–Crippen MR) is 72.0 cm³/mol. The van der Waals surface area contributed by atoms with E-state index in [4.69, 9.17) is 0 Å². The first-order valence-corrected chi connectivity index (χ1v) is 6.89. The van der Waals surface area contributed by atoms with Crippen LogP contribution < -0.4 is 5.32 Å². The zero-order valence-electron chi connectivity index (χ0n) is 11.4. The smallest absolute Gasteiger partial charge is 0.163 e. The largest absolute Gasteiger partial charge is 0.388 e. The number of carbonyl (C=O) groups is 1. The van der Waals surface area contributed by atoms with Gasteiger partial charge in [0.1, 0.15) is 12.0 Å². The van der Waals surface area contributed by atoms with Crippen LogP contribution in [0.25, 0.3) is 0 Å². The van der Waals surface area contributed by atoms with Crippen molar-refractivity contribution in [3.05, 3.63) is 35.4 Å². The average molecular weight is 283 g/mol. The molecule has 0 aromatic rings. The zero-order chi connectivity index (χ0) is 14.7. The van der Waals surface area contributed by atoms with E-state index in [0.717, 1.165) is 6.42 Å². The van der Waals surface area contributed by atoms with Crippen LogP contribution in [0.5, 0.6) is 0 Å². The van der Waals surface area contributed by atoms with Gasteiger partial charge in [0.05, 0.1) is 6.10 Å². The lowest BCUT2D eigenvalue weighted by Gasteiger charge is -2.26. The Bertz CT molecular complexity index is 482. The van der Waals surface area contributed by atoms with Crippen LogP contribution in [0.4, 0.5) is 8.78 Å². The van der Waals surface area contributed by atoms with Gasteiger partial charge in [-0.05, 0) is 24.5 Å². The number of nitrogens with one attached hydrogen (secondary N) is 1. The van der Waals surface area contributed by atoms with E-state index in [1.807, 2.05) is 6.92 Å². The van der Waals surface area contributed by atoms with Gasteiger partial charge in [-0.1, -0.05) is 13.3 Å². The van der Waals surface area contributed by atoms with E-state index in [0.29, 0.717) is 12.8 Å². The lowest BCUT2D eigenvalue weighted by molar-refractivity contribution is -0.119. The summed E-state index contributed by atoms with van der Waals surface area (Å²) < 4.78 is 26.3. The molecular formula is C15H19F2NO2. The summed E-state index contributed by atoms with van der Waals surface area (Å²) in [7, 11) is 0. The minimum absolute atomic E-state index is 0.110. The van der Waals surface area contributed by atoms with Gasteiger partial charge < -0.3 is 10.4 Å². The third kappa shape index (κ3) is 3.54. The van der Waals surface area contributed by atoms with Crippen LogP contribution in [0.15, 0.2) is 35.4 Å². The molecule has 0 saturated heterocycles. The Labute approximate surface area is 117 Å². The van der Waals surface area contributed by atoms with Crippen LogP contribution in [0.3, 0.4) is 0 Å². The second-order valence-corrected chi connectivity index (χ2v) is 5.33. The topological polar surface area (TPSA) is 49.3 Å². The van der Waals surface area contributed by atoms with Crippen LogP contribution in [0.2, 0.25) is 0 Å². The van der Waals surface area contributed by atoms with Crippen molar-refractivity contribution in [1.29, 1.82) is 0 Å². The molecule has 1 fully saturated rings. The number of hydrogen-bond donors (Lipinski definition) is 2. The molecule has 2 aliphatic carbocycles. The third-order valence-corrected chi connectivity index (χ3v) is 3.75. The van der Waals surface area contributed by atoms with Crippen molar-refractivity contribution in [2.45, 2.75) is 44.9 Å². The Morgan fingerprint density at radius 2 is 2.25 bits per heavy atom. The summed E-state index contributed by atoms with van der Waals surface area (Å²) in [5.41, 5.74) is 0.553. The maximum Gasteiger partial charge on any atom is 0.163 e. The maximum absolute atomic E-state index is 13.2. The number of halogens is 2. The van der Waals surface area contributed by atoms with E-state index in [-0.39, 0.29) is 29.4 Å². The van der Waals surface area contributed by atoms with E-state index in [1.165, 1.54) is 18.4 Å². The Morgan fingerprint density at radius 3 is 2.85 bits per heavy atom. The molecule has 20 heavy (non-hydrogen) atoms. The number of Topliss-reactive ketones (excluding diaryl/α,β-unsaturated/α-hetero) is 1. The molecule has 0 amide bonds. The summed E-state index contributed by atoms with van der Waals surface area (Å²) in [6.07, 6.45) is 3.21. The number of hydrogen-bond acceptors (Lipinski definition) is 3. The molecular weight excluding hydrogens is 264 g/mol. The van der Waals surface area contributed by atoms with E-state index < -0.39 is 18.1 Å². The summed E-state index contributed by atoms with van der Waals surface area (Å²) in [6, 6.07) is 0. The van der Waals surface area contributed by atoms with Gasteiger partial charge in [-0.15, -0.1) is 0 Å². The number of rotatable bonds is 3. The normalized spacial score (nSPS) is 32.9. The first kappa shape index (κ1) is 14.9. The van der Waals surface area contributed by atoms with Crippen molar-refractivity contribution in [2.24, 2.45) is 5.92 Å².